The van der Waals surface area contributed by atoms with Crippen LogP contribution in [0.4, 0.5) is 5.13 Å². The smallest absolute Gasteiger partial charge is 0.227 e. The van der Waals surface area contributed by atoms with Crippen molar-refractivity contribution in [3.8, 4) is 11.3 Å². The molecule has 1 unspecified atom stereocenters. The van der Waals surface area contributed by atoms with Crippen LogP contribution in [0, 0.1) is 13.8 Å². The fraction of sp³-hybridized carbons (Fsp3) is 0.412. The van der Waals surface area contributed by atoms with E-state index in [0.29, 0.717) is 24.8 Å². The van der Waals surface area contributed by atoms with Crippen molar-refractivity contribution in [2.75, 3.05) is 25.1 Å². The Labute approximate surface area is 140 Å². The van der Waals surface area contributed by atoms with Crippen LogP contribution in [0.3, 0.4) is 0 Å². The third kappa shape index (κ3) is 4.16. The van der Waals surface area contributed by atoms with Gasteiger partial charge >= 0.3 is 0 Å². The second kappa shape index (κ2) is 7.21. The number of carbonyl (C=O) groups is 1. The molecule has 0 bridgehead atoms. The lowest BCUT2D eigenvalue weighted by Crippen LogP contribution is -2.43. The summed E-state index contributed by atoms with van der Waals surface area (Å²) >= 11 is 1.51. The monoisotopic (exact) mass is 331 g/mol. The van der Waals surface area contributed by atoms with E-state index in [2.05, 4.69) is 46.8 Å². The Kier molecular flexibility index (Phi) is 5.05. The van der Waals surface area contributed by atoms with Gasteiger partial charge in [-0.15, -0.1) is 11.3 Å². The summed E-state index contributed by atoms with van der Waals surface area (Å²) in [5.41, 5.74) is 3.23. The summed E-state index contributed by atoms with van der Waals surface area (Å²) < 4.78 is 5.37. The number of aromatic nitrogens is 1. The zero-order valence-electron chi connectivity index (χ0n) is 13.4. The van der Waals surface area contributed by atoms with E-state index in [1.165, 1.54) is 16.9 Å². The van der Waals surface area contributed by atoms with Crippen LogP contribution in [-0.4, -0.2) is 36.7 Å². The predicted octanol–water partition coefficient (Wildman–Crippen LogP) is 2.74. The molecule has 3 rings (SSSR count). The highest BCUT2D eigenvalue weighted by Gasteiger charge is 2.18. The summed E-state index contributed by atoms with van der Waals surface area (Å²) in [6, 6.07) is 8.35. The van der Waals surface area contributed by atoms with Gasteiger partial charge in [0.15, 0.2) is 5.13 Å². The molecule has 6 heteroatoms. The van der Waals surface area contributed by atoms with E-state index in [-0.39, 0.29) is 11.9 Å². The molecule has 1 aromatic heterocycles. The third-order valence-electron chi connectivity index (χ3n) is 3.80. The van der Waals surface area contributed by atoms with Crippen molar-refractivity contribution in [3.05, 3.63) is 34.7 Å². The molecular formula is C17H21N3O2S. The predicted molar refractivity (Wildman–Crippen MR) is 92.9 cm³/mol. The number of ether oxygens (including phenoxy) is 1. The average molecular weight is 331 g/mol. The van der Waals surface area contributed by atoms with Crippen LogP contribution in [0.2, 0.25) is 0 Å². The van der Waals surface area contributed by atoms with E-state index in [1.807, 2.05) is 6.92 Å². The lowest BCUT2D eigenvalue weighted by Gasteiger charge is -2.22. The normalized spacial score (nSPS) is 17.9. The summed E-state index contributed by atoms with van der Waals surface area (Å²) in [4.78, 5) is 17.8. The molecule has 0 saturated carbocycles. The van der Waals surface area contributed by atoms with E-state index < -0.39 is 0 Å². The number of nitrogens with one attached hydrogen (secondary N) is 2. The number of hydrogen-bond acceptors (Lipinski definition) is 5. The van der Waals surface area contributed by atoms with Crippen LogP contribution in [0.1, 0.15) is 16.9 Å². The van der Waals surface area contributed by atoms with Crippen molar-refractivity contribution in [2.45, 2.75) is 26.3 Å². The Morgan fingerprint density at radius 2 is 2.17 bits per heavy atom. The molecule has 0 aliphatic carbocycles. The fourth-order valence-electron chi connectivity index (χ4n) is 2.57. The molecule has 1 saturated heterocycles. The molecule has 1 aromatic carbocycles. The highest BCUT2D eigenvalue weighted by Crippen LogP contribution is 2.30. The first-order chi connectivity index (χ1) is 11.1. The number of aryl methyl sites for hydroxylation is 2. The number of benzene rings is 1. The first kappa shape index (κ1) is 16.1. The molecule has 0 spiro atoms. The average Bonchev–Trinajstić information content (AvgIpc) is 2.89. The first-order valence-electron chi connectivity index (χ1n) is 7.77. The maximum Gasteiger partial charge on any atom is 0.227 e. The van der Waals surface area contributed by atoms with Gasteiger partial charge in [-0.05, 0) is 13.8 Å². The largest absolute Gasteiger partial charge is 0.378 e. The number of thiazole rings is 1. The maximum absolute atomic E-state index is 12.1. The lowest BCUT2D eigenvalue weighted by atomic mass is 10.1. The molecule has 0 radical (unpaired) electrons. The Morgan fingerprint density at radius 1 is 1.39 bits per heavy atom. The molecule has 2 heterocycles. The number of anilines is 1. The highest BCUT2D eigenvalue weighted by atomic mass is 32.1. The maximum atomic E-state index is 12.1. The van der Waals surface area contributed by atoms with Crippen LogP contribution >= 0.6 is 11.3 Å². The van der Waals surface area contributed by atoms with E-state index >= 15 is 0 Å². The Balaban J connectivity index is 1.65. The van der Waals surface area contributed by atoms with Gasteiger partial charge in [0.1, 0.15) is 0 Å². The van der Waals surface area contributed by atoms with Gasteiger partial charge in [0.05, 0.1) is 18.9 Å². The number of carbonyl (C=O) groups excluding carboxylic acids is 1. The van der Waals surface area contributed by atoms with Crippen LogP contribution in [0.15, 0.2) is 24.3 Å². The van der Waals surface area contributed by atoms with Crippen LogP contribution in [0.25, 0.3) is 11.3 Å². The first-order valence-corrected chi connectivity index (χ1v) is 8.59. The molecule has 1 fully saturated rings. The van der Waals surface area contributed by atoms with Gasteiger partial charge in [-0.2, -0.15) is 0 Å². The van der Waals surface area contributed by atoms with Crippen LogP contribution < -0.4 is 10.6 Å². The molecule has 5 nitrogen and oxygen atoms in total. The molecular weight excluding hydrogens is 310 g/mol. The minimum Gasteiger partial charge on any atom is -0.378 e. The molecule has 122 valence electrons. The van der Waals surface area contributed by atoms with Gasteiger partial charge in [0.25, 0.3) is 0 Å². The molecule has 2 N–H and O–H groups in total. The van der Waals surface area contributed by atoms with Crippen molar-refractivity contribution < 1.29 is 9.53 Å². The fourth-order valence-corrected chi connectivity index (χ4v) is 3.43. The number of amides is 1. The molecule has 1 aliphatic heterocycles. The van der Waals surface area contributed by atoms with Gasteiger partial charge in [0.2, 0.25) is 5.91 Å². The van der Waals surface area contributed by atoms with E-state index in [9.17, 15) is 4.79 Å². The molecule has 2 aromatic rings. The minimum absolute atomic E-state index is 0.0304. The standard InChI is InChI=1S/C17H21N3O2S/c1-11-3-5-13(6-4-11)16-12(2)23-17(20-16)19-15(21)9-14-10-22-8-7-18-14/h3-6,14,18H,7-10H2,1-2H3,(H,19,20,21). The number of hydrogen-bond donors (Lipinski definition) is 2. The lowest BCUT2D eigenvalue weighted by molar-refractivity contribution is -0.117. The second-order valence-corrected chi connectivity index (χ2v) is 6.97. The van der Waals surface area contributed by atoms with Gasteiger partial charge in [0, 0.05) is 29.4 Å². The molecule has 1 amide bonds. The van der Waals surface area contributed by atoms with Gasteiger partial charge in [-0.25, -0.2) is 4.98 Å². The molecule has 1 aliphatic rings. The van der Waals surface area contributed by atoms with Crippen molar-refractivity contribution in [1.82, 2.24) is 10.3 Å². The number of morpholine rings is 1. The third-order valence-corrected chi connectivity index (χ3v) is 4.68. The van der Waals surface area contributed by atoms with Crippen molar-refractivity contribution in [3.63, 3.8) is 0 Å². The Bertz CT molecular complexity index is 676. The second-order valence-electron chi connectivity index (χ2n) is 5.77. The number of nitrogens with zero attached hydrogens (tertiary/aromatic N) is 1. The zero-order chi connectivity index (χ0) is 16.2. The van der Waals surface area contributed by atoms with Crippen LogP contribution in [-0.2, 0) is 9.53 Å². The van der Waals surface area contributed by atoms with Gasteiger partial charge < -0.3 is 15.4 Å². The number of rotatable bonds is 4. The van der Waals surface area contributed by atoms with Gasteiger partial charge in [-0.1, -0.05) is 29.8 Å². The highest BCUT2D eigenvalue weighted by molar-refractivity contribution is 7.16. The van der Waals surface area contributed by atoms with E-state index in [1.54, 1.807) is 0 Å². The SMILES string of the molecule is Cc1ccc(-c2nc(NC(=O)CC3COCCN3)sc2C)cc1. The summed E-state index contributed by atoms with van der Waals surface area (Å²) in [5, 5.41) is 6.84. The Hall–Kier alpha value is -1.76. The Morgan fingerprint density at radius 3 is 2.87 bits per heavy atom. The van der Waals surface area contributed by atoms with E-state index in [4.69, 9.17) is 4.74 Å². The summed E-state index contributed by atoms with van der Waals surface area (Å²) in [5.74, 6) is -0.0304. The van der Waals surface area contributed by atoms with E-state index in [0.717, 1.165) is 22.7 Å². The zero-order valence-corrected chi connectivity index (χ0v) is 14.2. The summed E-state index contributed by atoms with van der Waals surface area (Å²) in [7, 11) is 0. The molecule has 23 heavy (non-hydrogen) atoms. The summed E-state index contributed by atoms with van der Waals surface area (Å²) in [6.45, 7) is 6.18. The minimum atomic E-state index is -0.0304. The topological polar surface area (TPSA) is 63.2 Å². The van der Waals surface area contributed by atoms with Crippen molar-refractivity contribution in [1.29, 1.82) is 0 Å². The van der Waals surface area contributed by atoms with Crippen molar-refractivity contribution in [2.24, 2.45) is 0 Å². The summed E-state index contributed by atoms with van der Waals surface area (Å²) in [6.07, 6.45) is 0.401. The van der Waals surface area contributed by atoms with Gasteiger partial charge in [-0.3, -0.25) is 4.79 Å². The quantitative estimate of drug-likeness (QED) is 0.904. The van der Waals surface area contributed by atoms with Crippen molar-refractivity contribution >= 4 is 22.4 Å². The van der Waals surface area contributed by atoms with Crippen LogP contribution in [0.5, 0.6) is 0 Å². The molecule has 1 atom stereocenters.